The van der Waals surface area contributed by atoms with E-state index in [1.165, 1.54) is 18.5 Å². The summed E-state index contributed by atoms with van der Waals surface area (Å²) < 4.78 is 41.4. The number of anilines is 1. The van der Waals surface area contributed by atoms with Crippen molar-refractivity contribution >= 4 is 38.6 Å². The van der Waals surface area contributed by atoms with E-state index in [1.54, 1.807) is 25.1 Å². The molecule has 9 heteroatoms. The third-order valence-electron chi connectivity index (χ3n) is 3.91. The smallest absolute Gasteiger partial charge is 0.322 e. The minimum atomic E-state index is -4.67. The number of halogens is 4. The summed E-state index contributed by atoms with van der Waals surface area (Å²) in [6.45, 7) is 1.58. The lowest BCUT2D eigenvalue weighted by molar-refractivity contribution is -0.154. The summed E-state index contributed by atoms with van der Waals surface area (Å²) in [4.78, 5) is 19.8. The standard InChI is InChI=1S/C18H14BrF3N4O/c1-10-6-11-4-2-3-5-12(11)7-13(10)16(18(20,21)22)26-17(27)25-15-9-23-14(19)8-24-15/h2-9,16H,1H3,(H2,24,25,26,27). The summed E-state index contributed by atoms with van der Waals surface area (Å²) in [6.07, 6.45) is -2.12. The fourth-order valence-electron chi connectivity index (χ4n) is 2.68. The van der Waals surface area contributed by atoms with Crippen LogP contribution in [0.4, 0.5) is 23.8 Å². The highest BCUT2D eigenvalue weighted by Crippen LogP contribution is 2.36. The van der Waals surface area contributed by atoms with Crippen LogP contribution in [0.1, 0.15) is 17.2 Å². The molecule has 3 rings (SSSR count). The first kappa shape index (κ1) is 19.1. The van der Waals surface area contributed by atoms with Gasteiger partial charge in [0.05, 0.1) is 12.4 Å². The van der Waals surface area contributed by atoms with E-state index in [1.807, 2.05) is 17.4 Å². The van der Waals surface area contributed by atoms with Crippen molar-refractivity contribution in [3.8, 4) is 0 Å². The molecular weight excluding hydrogens is 425 g/mol. The van der Waals surface area contributed by atoms with Gasteiger partial charge in [0.1, 0.15) is 4.60 Å². The van der Waals surface area contributed by atoms with Crippen molar-refractivity contribution in [2.24, 2.45) is 0 Å². The molecule has 0 aliphatic rings. The molecule has 0 aliphatic carbocycles. The van der Waals surface area contributed by atoms with Crippen molar-refractivity contribution in [2.75, 3.05) is 5.32 Å². The zero-order chi connectivity index (χ0) is 19.6. The number of aromatic nitrogens is 2. The Bertz CT molecular complexity index is 976. The first-order valence-electron chi connectivity index (χ1n) is 7.85. The molecule has 5 nitrogen and oxygen atoms in total. The molecule has 2 aromatic carbocycles. The molecule has 2 amide bonds. The van der Waals surface area contributed by atoms with Gasteiger partial charge in [-0.2, -0.15) is 13.2 Å². The van der Waals surface area contributed by atoms with Gasteiger partial charge in [-0.15, -0.1) is 0 Å². The van der Waals surface area contributed by atoms with Crippen LogP contribution >= 0.6 is 15.9 Å². The zero-order valence-electron chi connectivity index (χ0n) is 14.0. The van der Waals surface area contributed by atoms with Crippen LogP contribution in [-0.2, 0) is 0 Å². The number of benzene rings is 2. The molecule has 0 saturated carbocycles. The highest BCUT2D eigenvalue weighted by atomic mass is 79.9. The highest BCUT2D eigenvalue weighted by Gasteiger charge is 2.42. The van der Waals surface area contributed by atoms with Crippen molar-refractivity contribution in [1.29, 1.82) is 0 Å². The third-order valence-corrected chi connectivity index (χ3v) is 4.32. The van der Waals surface area contributed by atoms with E-state index >= 15 is 0 Å². The normalized spacial score (nSPS) is 12.6. The number of fused-ring (bicyclic) bond motifs is 1. The molecule has 1 aromatic heterocycles. The Morgan fingerprint density at radius 3 is 2.37 bits per heavy atom. The molecule has 0 aliphatic heterocycles. The lowest BCUT2D eigenvalue weighted by Gasteiger charge is -2.24. The van der Waals surface area contributed by atoms with Crippen molar-refractivity contribution in [3.63, 3.8) is 0 Å². The van der Waals surface area contributed by atoms with Crippen LogP contribution in [0.3, 0.4) is 0 Å². The summed E-state index contributed by atoms with van der Waals surface area (Å²) in [5, 5.41) is 5.73. The molecule has 0 bridgehead atoms. The third kappa shape index (κ3) is 4.54. The van der Waals surface area contributed by atoms with Crippen LogP contribution in [0.5, 0.6) is 0 Å². The van der Waals surface area contributed by atoms with E-state index < -0.39 is 18.2 Å². The Kier molecular flexibility index (Phi) is 5.31. The average Bonchev–Trinajstić information content (AvgIpc) is 2.60. The Morgan fingerprint density at radius 2 is 1.78 bits per heavy atom. The second kappa shape index (κ2) is 7.51. The zero-order valence-corrected chi connectivity index (χ0v) is 15.6. The number of nitrogens with one attached hydrogen (secondary N) is 2. The number of amides is 2. The van der Waals surface area contributed by atoms with Gasteiger partial charge in [-0.1, -0.05) is 30.3 Å². The maximum atomic E-state index is 13.7. The Hall–Kier alpha value is -2.68. The van der Waals surface area contributed by atoms with Crippen LogP contribution in [0.25, 0.3) is 10.8 Å². The van der Waals surface area contributed by atoms with Crippen LogP contribution in [0, 0.1) is 6.92 Å². The molecule has 1 unspecified atom stereocenters. The molecule has 27 heavy (non-hydrogen) atoms. The molecular formula is C18H14BrF3N4O. The largest absolute Gasteiger partial charge is 0.412 e. The first-order chi connectivity index (χ1) is 12.7. The van der Waals surface area contributed by atoms with Gasteiger partial charge < -0.3 is 5.32 Å². The maximum absolute atomic E-state index is 13.7. The van der Waals surface area contributed by atoms with Crippen molar-refractivity contribution in [2.45, 2.75) is 19.1 Å². The van der Waals surface area contributed by atoms with Gasteiger partial charge in [-0.25, -0.2) is 14.8 Å². The quantitative estimate of drug-likeness (QED) is 0.595. The number of carbonyl (C=O) groups excluding carboxylic acids is 1. The molecule has 0 radical (unpaired) electrons. The number of urea groups is 1. The van der Waals surface area contributed by atoms with Gasteiger partial charge in [0.25, 0.3) is 0 Å². The van der Waals surface area contributed by atoms with E-state index in [4.69, 9.17) is 0 Å². The predicted octanol–water partition coefficient (Wildman–Crippen LogP) is 5.13. The minimum absolute atomic E-state index is 0.0155. The Morgan fingerprint density at radius 1 is 1.11 bits per heavy atom. The molecule has 140 valence electrons. The summed E-state index contributed by atoms with van der Waals surface area (Å²) in [7, 11) is 0. The van der Waals surface area contributed by atoms with Crippen molar-refractivity contribution in [3.05, 3.63) is 64.5 Å². The lowest BCUT2D eigenvalue weighted by Crippen LogP contribution is -2.40. The van der Waals surface area contributed by atoms with Gasteiger partial charge in [-0.05, 0) is 50.8 Å². The first-order valence-corrected chi connectivity index (χ1v) is 8.64. The predicted molar refractivity (Wildman–Crippen MR) is 99.4 cm³/mol. The van der Waals surface area contributed by atoms with Crippen LogP contribution < -0.4 is 10.6 Å². The Labute approximate surface area is 161 Å². The summed E-state index contributed by atoms with van der Waals surface area (Å²) >= 11 is 3.09. The van der Waals surface area contributed by atoms with E-state index in [9.17, 15) is 18.0 Å². The van der Waals surface area contributed by atoms with Crippen LogP contribution in [0.2, 0.25) is 0 Å². The molecule has 1 atom stereocenters. The van der Waals surface area contributed by atoms with Crippen molar-refractivity contribution in [1.82, 2.24) is 15.3 Å². The monoisotopic (exact) mass is 438 g/mol. The second-order valence-electron chi connectivity index (χ2n) is 5.85. The number of hydrogen-bond donors (Lipinski definition) is 2. The number of aryl methyl sites for hydroxylation is 1. The molecule has 2 N–H and O–H groups in total. The fourth-order valence-corrected chi connectivity index (χ4v) is 2.88. The average molecular weight is 439 g/mol. The SMILES string of the molecule is Cc1cc2ccccc2cc1C(NC(=O)Nc1cnc(Br)cn1)C(F)(F)F. The summed E-state index contributed by atoms with van der Waals surface area (Å²) in [5.41, 5.74) is 0.415. The van der Waals surface area contributed by atoms with E-state index in [2.05, 4.69) is 31.2 Å². The van der Waals surface area contributed by atoms with Gasteiger partial charge in [-0.3, -0.25) is 5.32 Å². The van der Waals surface area contributed by atoms with Crippen LogP contribution in [0.15, 0.2) is 53.4 Å². The van der Waals surface area contributed by atoms with Gasteiger partial charge in [0.2, 0.25) is 0 Å². The Balaban J connectivity index is 1.89. The summed E-state index contributed by atoms with van der Waals surface area (Å²) in [6, 6.07) is 7.03. The fraction of sp³-hybridized carbons (Fsp3) is 0.167. The number of hydrogen-bond acceptors (Lipinski definition) is 3. The van der Waals surface area contributed by atoms with Crippen molar-refractivity contribution < 1.29 is 18.0 Å². The number of nitrogens with zero attached hydrogens (tertiary/aromatic N) is 2. The van der Waals surface area contributed by atoms with Crippen LogP contribution in [-0.4, -0.2) is 22.2 Å². The van der Waals surface area contributed by atoms with E-state index in [-0.39, 0.29) is 11.4 Å². The van der Waals surface area contributed by atoms with Gasteiger partial charge in [0, 0.05) is 0 Å². The minimum Gasteiger partial charge on any atom is -0.322 e. The van der Waals surface area contributed by atoms with Gasteiger partial charge in [0.15, 0.2) is 11.9 Å². The summed E-state index contributed by atoms with van der Waals surface area (Å²) in [5.74, 6) is 0.0341. The molecule has 0 saturated heterocycles. The van der Waals surface area contributed by atoms with E-state index in [0.29, 0.717) is 15.6 Å². The van der Waals surface area contributed by atoms with Gasteiger partial charge >= 0.3 is 12.2 Å². The molecule has 0 fully saturated rings. The number of alkyl halides is 3. The van der Waals surface area contributed by atoms with E-state index in [0.717, 1.165) is 5.39 Å². The topological polar surface area (TPSA) is 66.9 Å². The number of rotatable bonds is 3. The lowest BCUT2D eigenvalue weighted by atomic mass is 9.96. The second-order valence-corrected chi connectivity index (χ2v) is 6.67. The number of carbonyl (C=O) groups is 1. The maximum Gasteiger partial charge on any atom is 0.412 e. The molecule has 3 aromatic rings. The molecule has 1 heterocycles. The highest BCUT2D eigenvalue weighted by molar-refractivity contribution is 9.10. The molecule has 0 spiro atoms.